The zero-order valence-corrected chi connectivity index (χ0v) is 15.3. The second-order valence-corrected chi connectivity index (χ2v) is 7.07. The van der Waals surface area contributed by atoms with Crippen molar-refractivity contribution in [1.82, 2.24) is 5.20 Å². The van der Waals surface area contributed by atoms with E-state index in [1.54, 1.807) is 20.1 Å². The number of rotatable bonds is 9. The summed E-state index contributed by atoms with van der Waals surface area (Å²) in [5.74, 6) is 2.34. The molecule has 1 unspecified atom stereocenters. The Balaban J connectivity index is 1.97. The largest absolute Gasteiger partial charge is 0.497 e. The molecule has 132 valence electrons. The fourth-order valence-electron chi connectivity index (χ4n) is 2.01. The van der Waals surface area contributed by atoms with Crippen LogP contribution < -0.4 is 15.4 Å². The molecule has 25 heavy (non-hydrogen) atoms. The molecule has 0 aliphatic carbocycles. The van der Waals surface area contributed by atoms with Gasteiger partial charge in [0.25, 0.3) is 0 Å². The van der Waals surface area contributed by atoms with Gasteiger partial charge in [-0.1, -0.05) is 48.6 Å². The maximum absolute atomic E-state index is 12.7. The molecule has 2 N–H and O–H groups in total. The van der Waals surface area contributed by atoms with Gasteiger partial charge in [0.05, 0.1) is 13.7 Å². The molecule has 0 saturated heterocycles. The van der Waals surface area contributed by atoms with Gasteiger partial charge in [0, 0.05) is 11.5 Å². The Morgan fingerprint density at radius 3 is 2.40 bits per heavy atom. The van der Waals surface area contributed by atoms with Crippen molar-refractivity contribution in [3.8, 4) is 5.75 Å². The van der Waals surface area contributed by atoms with Gasteiger partial charge in [-0.25, -0.2) is 0 Å². The van der Waals surface area contributed by atoms with Crippen molar-refractivity contribution in [3.05, 3.63) is 78.1 Å². The number of hydrazine groups is 1. The van der Waals surface area contributed by atoms with Gasteiger partial charge in [-0.15, -0.1) is 0 Å². The quantitative estimate of drug-likeness (QED) is 0.372. The molecular formula is C19H23N2O3P. The normalized spacial score (nSPS) is 13.8. The van der Waals surface area contributed by atoms with Crippen molar-refractivity contribution in [2.75, 3.05) is 19.1 Å². The van der Waals surface area contributed by atoms with Crippen LogP contribution in [0.1, 0.15) is 12.5 Å². The van der Waals surface area contributed by atoms with Crippen LogP contribution in [0.2, 0.25) is 0 Å². The van der Waals surface area contributed by atoms with E-state index in [0.717, 1.165) is 17.0 Å². The van der Waals surface area contributed by atoms with Crippen molar-refractivity contribution in [2.45, 2.75) is 6.92 Å². The Morgan fingerprint density at radius 1 is 1.04 bits per heavy atom. The van der Waals surface area contributed by atoms with Crippen molar-refractivity contribution in [2.24, 2.45) is 0 Å². The summed E-state index contributed by atoms with van der Waals surface area (Å²) in [5.41, 5.74) is 4.74. The Bertz CT molecular complexity index is 743. The number of benzene rings is 2. The molecule has 1 atom stereocenters. The smallest absolute Gasteiger partial charge is 0.309 e. The van der Waals surface area contributed by atoms with E-state index in [1.165, 1.54) is 5.82 Å². The highest BCUT2D eigenvalue weighted by molar-refractivity contribution is 7.60. The van der Waals surface area contributed by atoms with Crippen molar-refractivity contribution < 1.29 is 13.8 Å². The van der Waals surface area contributed by atoms with Crippen LogP contribution in [0.4, 0.5) is 5.69 Å². The number of para-hydroxylation sites is 1. The number of anilines is 1. The molecule has 0 heterocycles. The second-order valence-electron chi connectivity index (χ2n) is 5.09. The lowest BCUT2D eigenvalue weighted by Crippen LogP contribution is -2.18. The number of allylic oxidation sites excluding steroid dienone is 2. The molecule has 0 bridgehead atoms. The van der Waals surface area contributed by atoms with E-state index in [-0.39, 0.29) is 0 Å². The standard InChI is InChI=1S/C19H23N2O3P/c1-3-24-25(22,21-20-18-10-5-4-6-11-18)16-8-7-9-17-12-14-19(23-2)15-13-17/h4-16,20H,3H2,1-2H3,(H,21,22)/b9-7+,16-8+. The predicted molar refractivity (Wildman–Crippen MR) is 104 cm³/mol. The minimum atomic E-state index is -3.13. The van der Waals surface area contributed by atoms with Crippen LogP contribution in [-0.4, -0.2) is 13.7 Å². The molecule has 0 radical (unpaired) electrons. The van der Waals surface area contributed by atoms with Crippen LogP contribution in [0.3, 0.4) is 0 Å². The Hall–Kier alpha value is -2.33. The number of ether oxygens (including phenoxy) is 1. The minimum absolute atomic E-state index is 0.341. The number of nitrogens with one attached hydrogen (secondary N) is 2. The molecule has 0 fully saturated rings. The maximum Gasteiger partial charge on any atom is 0.309 e. The molecule has 6 heteroatoms. The summed E-state index contributed by atoms with van der Waals surface area (Å²) in [6.07, 6.45) is 5.44. The SMILES string of the molecule is CCOP(=O)(/C=C/C=C/c1ccc(OC)cc1)NNc1ccccc1. The maximum atomic E-state index is 12.7. The zero-order chi connectivity index (χ0) is 18.0. The molecule has 0 spiro atoms. The summed E-state index contributed by atoms with van der Waals surface area (Å²) >= 11 is 0. The van der Waals surface area contributed by atoms with Crippen molar-refractivity contribution in [1.29, 1.82) is 0 Å². The van der Waals surface area contributed by atoms with E-state index in [1.807, 2.05) is 66.7 Å². The summed E-state index contributed by atoms with van der Waals surface area (Å²) < 4.78 is 23.2. The molecule has 2 aromatic rings. The molecule has 2 rings (SSSR count). The zero-order valence-electron chi connectivity index (χ0n) is 14.4. The number of methoxy groups -OCH3 is 1. The highest BCUT2D eigenvalue weighted by Crippen LogP contribution is 2.43. The lowest BCUT2D eigenvalue weighted by atomic mass is 10.2. The van der Waals surface area contributed by atoms with E-state index in [9.17, 15) is 4.57 Å². The van der Waals surface area contributed by atoms with E-state index in [2.05, 4.69) is 10.6 Å². The van der Waals surface area contributed by atoms with E-state index in [0.29, 0.717) is 6.61 Å². The molecule has 0 aromatic heterocycles. The van der Waals surface area contributed by atoms with Gasteiger partial charge >= 0.3 is 7.52 Å². The topological polar surface area (TPSA) is 59.6 Å². The van der Waals surface area contributed by atoms with Gasteiger partial charge in [-0.2, -0.15) is 5.20 Å². The first-order valence-electron chi connectivity index (χ1n) is 7.98. The molecule has 2 aromatic carbocycles. The van der Waals surface area contributed by atoms with Gasteiger partial charge in [-0.3, -0.25) is 4.57 Å². The Morgan fingerprint density at radius 2 is 1.76 bits per heavy atom. The number of hydrogen-bond donors (Lipinski definition) is 2. The van der Waals surface area contributed by atoms with Gasteiger partial charge < -0.3 is 14.7 Å². The average molecular weight is 358 g/mol. The second kappa shape index (κ2) is 9.84. The summed E-state index contributed by atoms with van der Waals surface area (Å²) in [6.45, 7) is 2.14. The monoisotopic (exact) mass is 358 g/mol. The highest BCUT2D eigenvalue weighted by Gasteiger charge is 2.17. The summed E-state index contributed by atoms with van der Waals surface area (Å²) in [4.78, 5) is 0. The third kappa shape index (κ3) is 6.59. The van der Waals surface area contributed by atoms with Gasteiger partial charge in [0.15, 0.2) is 0 Å². The first kappa shape index (κ1) is 19.0. The van der Waals surface area contributed by atoms with E-state index < -0.39 is 7.52 Å². The molecule has 0 saturated carbocycles. The van der Waals surface area contributed by atoms with E-state index in [4.69, 9.17) is 9.26 Å². The van der Waals surface area contributed by atoms with Crippen molar-refractivity contribution in [3.63, 3.8) is 0 Å². The first-order valence-corrected chi connectivity index (χ1v) is 9.67. The lowest BCUT2D eigenvalue weighted by Gasteiger charge is -2.16. The molecule has 5 nitrogen and oxygen atoms in total. The predicted octanol–water partition coefficient (Wildman–Crippen LogP) is 5.07. The fraction of sp³-hybridized carbons (Fsp3) is 0.158. The van der Waals surface area contributed by atoms with Crippen LogP contribution >= 0.6 is 7.52 Å². The summed E-state index contributed by atoms with van der Waals surface area (Å²) in [7, 11) is -1.50. The highest BCUT2D eigenvalue weighted by atomic mass is 31.2. The van der Waals surface area contributed by atoms with Crippen molar-refractivity contribution >= 4 is 19.3 Å². The van der Waals surface area contributed by atoms with Crippen LogP contribution in [-0.2, 0) is 9.09 Å². The first-order chi connectivity index (χ1) is 12.1. The molecular weight excluding hydrogens is 335 g/mol. The van der Waals surface area contributed by atoms with Gasteiger partial charge in [0.1, 0.15) is 5.75 Å². The minimum Gasteiger partial charge on any atom is -0.497 e. The third-order valence-electron chi connectivity index (χ3n) is 3.25. The third-order valence-corrected chi connectivity index (χ3v) is 4.88. The number of hydrogen-bond acceptors (Lipinski definition) is 4. The van der Waals surface area contributed by atoms with Crippen LogP contribution in [0.15, 0.2) is 72.6 Å². The summed E-state index contributed by atoms with van der Waals surface area (Å²) in [5, 5.41) is 2.77. The Kier molecular flexibility index (Phi) is 7.48. The van der Waals surface area contributed by atoms with Gasteiger partial charge in [-0.05, 0) is 36.8 Å². The average Bonchev–Trinajstić information content (AvgIpc) is 2.65. The summed E-state index contributed by atoms with van der Waals surface area (Å²) in [6, 6.07) is 17.1. The fourth-order valence-corrected chi connectivity index (χ4v) is 3.23. The lowest BCUT2D eigenvalue weighted by molar-refractivity contribution is 0.334. The Labute approximate surface area is 148 Å². The van der Waals surface area contributed by atoms with E-state index >= 15 is 0 Å². The van der Waals surface area contributed by atoms with Gasteiger partial charge in [0.2, 0.25) is 0 Å². The van der Waals surface area contributed by atoms with Crippen LogP contribution in [0, 0.1) is 0 Å². The molecule has 0 amide bonds. The molecule has 0 aliphatic rings. The van der Waals surface area contributed by atoms with Crippen LogP contribution in [0.25, 0.3) is 6.08 Å². The molecule has 0 aliphatic heterocycles. The van der Waals surface area contributed by atoms with Crippen LogP contribution in [0.5, 0.6) is 5.75 Å².